The van der Waals surface area contributed by atoms with Crippen molar-refractivity contribution in [2.45, 2.75) is 51.9 Å². The molecule has 8 heteroatoms. The maximum Gasteiger partial charge on any atom is 0.410 e. The average Bonchev–Trinajstić information content (AvgIpc) is 2.74. The van der Waals surface area contributed by atoms with Crippen LogP contribution in [0.2, 0.25) is 0 Å². The second-order valence-corrected chi connectivity index (χ2v) is 9.30. The molecule has 1 aromatic rings. The number of nitrogens with two attached hydrogens (primary N) is 2. The molecule has 0 bridgehead atoms. The maximum absolute atomic E-state index is 12.2. The molecule has 178 valence electrons. The molecular formula is C24H39N5O3. The van der Waals surface area contributed by atoms with Gasteiger partial charge in [0.2, 0.25) is 0 Å². The number of aliphatic imine (C=N–C) groups is 1. The lowest BCUT2D eigenvalue weighted by Gasteiger charge is -2.26. The quantitative estimate of drug-likeness (QED) is 0.470. The molecule has 0 aromatic heterocycles. The Morgan fingerprint density at radius 1 is 1.22 bits per heavy atom. The van der Waals surface area contributed by atoms with Gasteiger partial charge in [-0.25, -0.2) is 4.79 Å². The molecule has 0 radical (unpaired) electrons. The van der Waals surface area contributed by atoms with Gasteiger partial charge in [0.25, 0.3) is 0 Å². The minimum Gasteiger partial charge on any atom is -0.444 e. The second-order valence-electron chi connectivity index (χ2n) is 9.30. The Morgan fingerprint density at radius 2 is 1.91 bits per heavy atom. The zero-order chi connectivity index (χ0) is 23.7. The number of benzene rings is 1. The predicted octanol–water partition coefficient (Wildman–Crippen LogP) is 3.33. The Kier molecular flexibility index (Phi) is 9.53. The monoisotopic (exact) mass is 445 g/mol. The fraction of sp³-hybridized carbons (Fsp3) is 0.583. The van der Waals surface area contributed by atoms with Crippen molar-refractivity contribution in [1.29, 1.82) is 0 Å². The lowest BCUT2D eigenvalue weighted by atomic mass is 10.1. The predicted molar refractivity (Wildman–Crippen MR) is 130 cm³/mol. The van der Waals surface area contributed by atoms with Gasteiger partial charge in [0.1, 0.15) is 11.8 Å². The zero-order valence-corrected chi connectivity index (χ0v) is 20.1. The van der Waals surface area contributed by atoms with Gasteiger partial charge in [-0.1, -0.05) is 12.1 Å². The smallest absolute Gasteiger partial charge is 0.410 e. The lowest BCUT2D eigenvalue weighted by Crippen LogP contribution is -2.39. The molecule has 0 saturated carbocycles. The number of rotatable bonds is 8. The van der Waals surface area contributed by atoms with E-state index in [2.05, 4.69) is 9.89 Å². The van der Waals surface area contributed by atoms with Crippen molar-refractivity contribution in [2.24, 2.45) is 10.7 Å². The van der Waals surface area contributed by atoms with Gasteiger partial charge in [-0.2, -0.15) is 0 Å². The van der Waals surface area contributed by atoms with E-state index in [1.54, 1.807) is 11.9 Å². The van der Waals surface area contributed by atoms with Crippen LogP contribution in [0.25, 0.3) is 5.70 Å². The highest BCUT2D eigenvalue weighted by Gasteiger charge is 2.20. The van der Waals surface area contributed by atoms with Crippen molar-refractivity contribution < 1.29 is 14.3 Å². The maximum atomic E-state index is 12.2. The highest BCUT2D eigenvalue weighted by Crippen LogP contribution is 2.18. The molecule has 4 N–H and O–H groups in total. The van der Waals surface area contributed by atoms with Crippen LogP contribution in [-0.2, 0) is 9.47 Å². The molecule has 1 aliphatic rings. The molecule has 1 heterocycles. The van der Waals surface area contributed by atoms with E-state index in [0.717, 1.165) is 37.0 Å². The van der Waals surface area contributed by atoms with Crippen LogP contribution in [0.4, 0.5) is 10.5 Å². The molecule has 8 nitrogen and oxygen atoms in total. The van der Waals surface area contributed by atoms with E-state index in [1.807, 2.05) is 58.3 Å². The SMILES string of the molecule is CN(CCN(C)C(=O)OC(C)(C)C)CC(C=NC1CCCCO1)=C(N)c1ccc(N)cc1. The highest BCUT2D eigenvalue weighted by atomic mass is 16.6. The summed E-state index contributed by atoms with van der Waals surface area (Å²) in [5.41, 5.74) is 15.0. The van der Waals surface area contributed by atoms with E-state index in [4.69, 9.17) is 20.9 Å². The first-order chi connectivity index (χ1) is 15.0. The summed E-state index contributed by atoms with van der Waals surface area (Å²) in [6.45, 7) is 8.08. The number of nitrogen functional groups attached to an aromatic ring is 1. The van der Waals surface area contributed by atoms with Crippen LogP contribution in [0.5, 0.6) is 0 Å². The molecule has 1 aliphatic heterocycles. The Balaban J connectivity index is 2.08. The summed E-state index contributed by atoms with van der Waals surface area (Å²) in [6, 6.07) is 7.49. The van der Waals surface area contributed by atoms with E-state index in [9.17, 15) is 4.79 Å². The molecule has 0 aliphatic carbocycles. The van der Waals surface area contributed by atoms with Gasteiger partial charge < -0.3 is 30.7 Å². The van der Waals surface area contributed by atoms with Crippen molar-refractivity contribution in [3.63, 3.8) is 0 Å². The van der Waals surface area contributed by atoms with Crippen LogP contribution in [0.1, 0.15) is 45.6 Å². The number of amides is 1. The van der Waals surface area contributed by atoms with E-state index in [1.165, 1.54) is 0 Å². The third-order valence-corrected chi connectivity index (χ3v) is 5.08. The Bertz CT molecular complexity index is 793. The number of likely N-dealkylation sites (N-methyl/N-ethyl adjacent to an activating group) is 2. The molecule has 0 spiro atoms. The molecule has 1 amide bonds. The molecular weight excluding hydrogens is 406 g/mol. The van der Waals surface area contributed by atoms with Gasteiger partial charge >= 0.3 is 6.09 Å². The fourth-order valence-corrected chi connectivity index (χ4v) is 3.18. The number of carbonyl (C=O) groups excluding carboxylic acids is 1. The third-order valence-electron chi connectivity index (χ3n) is 5.08. The summed E-state index contributed by atoms with van der Waals surface area (Å²) in [5.74, 6) is 0. The first-order valence-corrected chi connectivity index (χ1v) is 11.2. The van der Waals surface area contributed by atoms with Crippen LogP contribution in [0.3, 0.4) is 0 Å². The first-order valence-electron chi connectivity index (χ1n) is 11.2. The lowest BCUT2D eigenvalue weighted by molar-refractivity contribution is 0.0226. The van der Waals surface area contributed by atoms with Gasteiger partial charge in [0, 0.05) is 56.5 Å². The minimum atomic E-state index is -0.516. The number of hydrogen-bond donors (Lipinski definition) is 2. The second kappa shape index (κ2) is 11.9. The van der Waals surface area contributed by atoms with Crippen LogP contribution in [0.15, 0.2) is 34.8 Å². The Labute approximate surface area is 192 Å². The summed E-state index contributed by atoms with van der Waals surface area (Å²) < 4.78 is 11.1. The summed E-state index contributed by atoms with van der Waals surface area (Å²) in [4.78, 5) is 20.5. The topological polar surface area (TPSA) is 106 Å². The summed E-state index contributed by atoms with van der Waals surface area (Å²) in [7, 11) is 3.73. The van der Waals surface area contributed by atoms with E-state index >= 15 is 0 Å². The molecule has 1 aromatic carbocycles. The van der Waals surface area contributed by atoms with Gasteiger partial charge in [0.15, 0.2) is 0 Å². The van der Waals surface area contributed by atoms with Crippen LogP contribution in [-0.4, -0.2) is 74.3 Å². The Morgan fingerprint density at radius 3 is 2.50 bits per heavy atom. The fourth-order valence-electron chi connectivity index (χ4n) is 3.18. The number of nitrogens with zero attached hydrogens (tertiary/aromatic N) is 3. The normalized spacial score (nSPS) is 18.0. The standard InChI is InChI=1S/C24H39N5O3/c1-24(2,3)32-23(30)29(5)14-13-28(4)17-19(16-27-21-8-6-7-15-31-21)22(26)18-9-11-20(25)12-10-18/h9-12,16,21H,6-8,13-15,17,25-26H2,1-5H3. The first kappa shape index (κ1) is 25.7. The van der Waals surface area contributed by atoms with Crippen LogP contribution < -0.4 is 11.5 Å². The Hall–Kier alpha value is -2.58. The van der Waals surface area contributed by atoms with Gasteiger partial charge in [-0.05, 0) is 64.8 Å². The van der Waals surface area contributed by atoms with Gasteiger partial charge in [-0.15, -0.1) is 0 Å². The number of hydrogen-bond acceptors (Lipinski definition) is 7. The van der Waals surface area contributed by atoms with E-state index < -0.39 is 5.60 Å². The van der Waals surface area contributed by atoms with Crippen LogP contribution in [0, 0.1) is 0 Å². The molecule has 2 rings (SSSR count). The van der Waals surface area contributed by atoms with E-state index in [0.29, 0.717) is 31.0 Å². The molecule has 1 unspecified atom stereocenters. The third kappa shape index (κ3) is 8.88. The van der Waals surface area contributed by atoms with Crippen molar-refractivity contribution in [3.05, 3.63) is 35.4 Å². The molecule has 1 fully saturated rings. The van der Waals surface area contributed by atoms with Crippen LogP contribution >= 0.6 is 0 Å². The summed E-state index contributed by atoms with van der Waals surface area (Å²) in [6.07, 6.45) is 4.49. The molecule has 1 atom stereocenters. The largest absolute Gasteiger partial charge is 0.444 e. The average molecular weight is 446 g/mol. The molecule has 32 heavy (non-hydrogen) atoms. The summed E-state index contributed by atoms with van der Waals surface area (Å²) >= 11 is 0. The number of carbonyl (C=O) groups is 1. The van der Waals surface area contributed by atoms with Crippen molar-refractivity contribution in [2.75, 3.05) is 46.1 Å². The zero-order valence-electron chi connectivity index (χ0n) is 20.1. The number of anilines is 1. The summed E-state index contributed by atoms with van der Waals surface area (Å²) in [5, 5.41) is 0. The van der Waals surface area contributed by atoms with Crippen molar-refractivity contribution in [1.82, 2.24) is 9.80 Å². The van der Waals surface area contributed by atoms with E-state index in [-0.39, 0.29) is 12.3 Å². The highest BCUT2D eigenvalue weighted by molar-refractivity contribution is 5.90. The molecule has 1 saturated heterocycles. The number of ether oxygens (including phenoxy) is 2. The van der Waals surface area contributed by atoms with Crippen molar-refractivity contribution >= 4 is 23.7 Å². The van der Waals surface area contributed by atoms with Crippen molar-refractivity contribution in [3.8, 4) is 0 Å². The van der Waals surface area contributed by atoms with Gasteiger partial charge in [-0.3, -0.25) is 4.99 Å². The van der Waals surface area contributed by atoms with Gasteiger partial charge in [0.05, 0.1) is 0 Å². The minimum absolute atomic E-state index is 0.124.